The van der Waals surface area contributed by atoms with E-state index in [1.54, 1.807) is 18.2 Å². The molecule has 0 bridgehead atoms. The summed E-state index contributed by atoms with van der Waals surface area (Å²) in [5, 5.41) is 23.8. The second-order valence-electron chi connectivity index (χ2n) is 11.5. The molecule has 0 aliphatic rings. The maximum absolute atomic E-state index is 14.3. The molecule has 0 radical (unpaired) electrons. The highest BCUT2D eigenvalue weighted by molar-refractivity contribution is 7.91. The van der Waals surface area contributed by atoms with Gasteiger partial charge in [-0.3, -0.25) is 18.9 Å². The molecule has 0 unspecified atom stereocenters. The number of carboxylic acid groups (broad SMARTS) is 2. The van der Waals surface area contributed by atoms with Gasteiger partial charge in [-0.05, 0) is 29.7 Å². The average Bonchev–Trinajstić information content (AvgIpc) is 3.12. The van der Waals surface area contributed by atoms with Crippen LogP contribution in [0, 0.1) is 0 Å². The van der Waals surface area contributed by atoms with Crippen molar-refractivity contribution in [1.82, 2.24) is 20.0 Å². The third kappa shape index (κ3) is 14.9. The molecule has 0 aliphatic heterocycles. The van der Waals surface area contributed by atoms with Gasteiger partial charge in [0.15, 0.2) is 15.9 Å². The predicted molar refractivity (Wildman–Crippen MR) is 204 cm³/mol. The van der Waals surface area contributed by atoms with Gasteiger partial charge >= 0.3 is 19.6 Å². The van der Waals surface area contributed by atoms with Crippen molar-refractivity contribution >= 4 is 87.7 Å². The molecule has 2 amide bonds. The number of nitrogens with one attached hydrogen (secondary N) is 2. The van der Waals surface area contributed by atoms with Crippen LogP contribution in [-0.4, -0.2) is 126 Å². The molecular weight excluding hydrogens is 819 g/mol. The zero-order valence-corrected chi connectivity index (χ0v) is 33.4. The summed E-state index contributed by atoms with van der Waals surface area (Å²) in [5.74, 6) is -4.59. The van der Waals surface area contributed by atoms with Crippen molar-refractivity contribution in [1.29, 1.82) is 0 Å². The summed E-state index contributed by atoms with van der Waals surface area (Å²) in [5.41, 5.74) is 6.04. The van der Waals surface area contributed by atoms with E-state index in [0.717, 1.165) is 0 Å². The highest BCUT2D eigenvalue weighted by atomic mass is 35.5. The Balaban J connectivity index is 2.35. The zero-order chi connectivity index (χ0) is 39.6. The van der Waals surface area contributed by atoms with E-state index in [1.807, 2.05) is 0 Å². The molecule has 0 fully saturated rings. The van der Waals surface area contributed by atoms with Crippen LogP contribution in [0.1, 0.15) is 30.0 Å². The van der Waals surface area contributed by atoms with Crippen molar-refractivity contribution in [3.63, 3.8) is 0 Å². The first-order valence-corrected chi connectivity index (χ1v) is 21.6. The minimum atomic E-state index is -4.10. The quantitative estimate of drug-likeness (QED) is 0.0677. The van der Waals surface area contributed by atoms with E-state index < -0.39 is 71.7 Å². The normalized spacial score (nSPS) is 13.7. The number of hydrogen-bond acceptors (Lipinski definition) is 9. The van der Waals surface area contributed by atoms with Crippen LogP contribution in [0.5, 0.6) is 0 Å². The first kappa shape index (κ1) is 46.7. The number of sulfone groups is 1. The lowest BCUT2D eigenvalue weighted by Crippen LogP contribution is -2.50. The third-order valence-corrected chi connectivity index (χ3v) is 12.8. The van der Waals surface area contributed by atoms with Crippen molar-refractivity contribution in [3.8, 4) is 0 Å². The molecular formula is C32H44Cl4N5O10PS. The lowest BCUT2D eigenvalue weighted by molar-refractivity contribution is -0.142. The van der Waals surface area contributed by atoms with E-state index >= 15 is 0 Å². The SMILES string of the molecule is N[C@@H](CCC(=O)N[C@@H](Cc1cccc(S(=O)(=O)CCOP(=O)(N(CCCl)CCCl)N(CCCl)CCCl)c1)C(=O)N[C@@H](C(=O)O)c1ccccc1)C(=O)O. The van der Waals surface area contributed by atoms with Gasteiger partial charge in [0.05, 0.1) is 17.3 Å². The number of carbonyl (C=O) groups excluding carboxylic acids is 2. The van der Waals surface area contributed by atoms with E-state index in [2.05, 4.69) is 10.6 Å². The maximum atomic E-state index is 14.3. The van der Waals surface area contributed by atoms with Crippen LogP contribution in [0.25, 0.3) is 0 Å². The van der Waals surface area contributed by atoms with Crippen LogP contribution < -0.4 is 16.4 Å². The summed E-state index contributed by atoms with van der Waals surface area (Å²) >= 11 is 23.8. The summed E-state index contributed by atoms with van der Waals surface area (Å²) in [6.07, 6.45) is -0.890. The van der Waals surface area contributed by atoms with Gasteiger partial charge in [-0.2, -0.15) is 0 Å². The molecule has 0 saturated heterocycles. The van der Waals surface area contributed by atoms with Gasteiger partial charge in [-0.15, -0.1) is 46.4 Å². The first-order chi connectivity index (χ1) is 25.1. The number of alkyl halides is 4. The Morgan fingerprint density at radius 3 is 1.91 bits per heavy atom. The van der Waals surface area contributed by atoms with Crippen molar-refractivity contribution in [2.75, 3.05) is 62.1 Å². The van der Waals surface area contributed by atoms with Gasteiger partial charge in [0.2, 0.25) is 11.8 Å². The molecule has 0 aromatic heterocycles. The molecule has 2 rings (SSSR count). The molecule has 53 heavy (non-hydrogen) atoms. The molecule has 296 valence electrons. The molecule has 15 nitrogen and oxygen atoms in total. The Morgan fingerprint density at radius 2 is 1.40 bits per heavy atom. The highest BCUT2D eigenvalue weighted by Crippen LogP contribution is 2.54. The van der Waals surface area contributed by atoms with Crippen LogP contribution in [0.2, 0.25) is 0 Å². The summed E-state index contributed by atoms with van der Waals surface area (Å²) in [7, 11) is -8.00. The highest BCUT2D eigenvalue weighted by Gasteiger charge is 2.38. The topological polar surface area (TPSA) is 226 Å². The average molecular weight is 864 g/mol. The van der Waals surface area contributed by atoms with E-state index in [9.17, 15) is 37.3 Å². The fourth-order valence-electron chi connectivity index (χ4n) is 5.01. The van der Waals surface area contributed by atoms with Gasteiger partial charge in [-0.1, -0.05) is 42.5 Å². The second kappa shape index (κ2) is 23.4. The fraction of sp³-hybridized carbons (Fsp3) is 0.500. The lowest BCUT2D eigenvalue weighted by atomic mass is 10.0. The maximum Gasteiger partial charge on any atom is 0.346 e. The number of hydrogen-bond donors (Lipinski definition) is 5. The Kier molecular flexibility index (Phi) is 20.6. The number of nitrogens with two attached hydrogens (primary N) is 1. The zero-order valence-electron chi connectivity index (χ0n) is 28.6. The van der Waals surface area contributed by atoms with Gasteiger partial charge < -0.3 is 31.1 Å². The molecule has 0 aliphatic carbocycles. The number of amides is 2. The Hall–Kier alpha value is -2.50. The molecule has 2 aromatic rings. The van der Waals surface area contributed by atoms with Crippen LogP contribution in [0.15, 0.2) is 59.5 Å². The monoisotopic (exact) mass is 861 g/mol. The van der Waals surface area contributed by atoms with E-state index in [-0.39, 0.29) is 85.0 Å². The summed E-state index contributed by atoms with van der Waals surface area (Å²) in [6.45, 7) is -0.00782. The fourth-order valence-corrected chi connectivity index (χ4v) is 10.00. The van der Waals surface area contributed by atoms with Crippen LogP contribution in [0.3, 0.4) is 0 Å². The largest absolute Gasteiger partial charge is 0.480 e. The smallest absolute Gasteiger partial charge is 0.346 e. The Bertz CT molecular complexity index is 1630. The molecule has 6 N–H and O–H groups in total. The van der Waals surface area contributed by atoms with E-state index in [1.165, 1.54) is 45.7 Å². The second-order valence-corrected chi connectivity index (χ2v) is 17.4. The van der Waals surface area contributed by atoms with E-state index in [0.29, 0.717) is 0 Å². The number of carboxylic acids is 2. The standard InChI is InChI=1S/C32H44Cl4N5O10PS/c33-11-15-40(16-12-34)52(48,41(17-13-35)18-14-36)51-19-20-53(49,50)25-8-4-5-23(21-25)22-27(38-28(42)10-9-26(37)31(44)45)30(43)39-29(32(46)47)24-6-2-1-3-7-24/h1-8,21,26-27,29H,9-20,22,37H2,(H,38,42)(H,39,43)(H,44,45)(H,46,47)/t26-,27-,29+/m0/s1. The van der Waals surface area contributed by atoms with Crippen LogP contribution >= 0.6 is 54.1 Å². The van der Waals surface area contributed by atoms with Crippen molar-refractivity contribution in [2.24, 2.45) is 5.73 Å². The van der Waals surface area contributed by atoms with Gasteiger partial charge in [-0.25, -0.2) is 22.6 Å². The third-order valence-electron chi connectivity index (χ3n) is 7.71. The number of nitrogens with zero attached hydrogens (tertiary/aromatic N) is 2. The minimum Gasteiger partial charge on any atom is -0.480 e. The number of rotatable bonds is 26. The Morgan fingerprint density at radius 1 is 0.830 bits per heavy atom. The molecule has 0 heterocycles. The Labute approximate surface area is 328 Å². The first-order valence-electron chi connectivity index (χ1n) is 16.3. The number of carbonyl (C=O) groups is 4. The van der Waals surface area contributed by atoms with Gasteiger partial charge in [0.25, 0.3) is 0 Å². The number of aliphatic carboxylic acids is 2. The van der Waals surface area contributed by atoms with Gasteiger partial charge in [0.1, 0.15) is 12.1 Å². The van der Waals surface area contributed by atoms with Crippen molar-refractivity contribution < 1.29 is 46.9 Å². The minimum absolute atomic E-state index is 0.0868. The van der Waals surface area contributed by atoms with Crippen LogP contribution in [-0.2, 0) is 44.5 Å². The predicted octanol–water partition coefficient (Wildman–Crippen LogP) is 3.31. The van der Waals surface area contributed by atoms with E-state index in [4.69, 9.17) is 61.8 Å². The summed E-state index contributed by atoms with van der Waals surface area (Å²) in [4.78, 5) is 49.4. The summed E-state index contributed by atoms with van der Waals surface area (Å²) < 4.78 is 50.1. The number of halogens is 4. The van der Waals surface area contributed by atoms with Crippen LogP contribution in [0.4, 0.5) is 0 Å². The lowest BCUT2D eigenvalue weighted by Gasteiger charge is -2.37. The molecule has 0 saturated carbocycles. The van der Waals surface area contributed by atoms with Gasteiger partial charge in [0, 0.05) is 62.5 Å². The molecule has 3 atom stereocenters. The van der Waals surface area contributed by atoms with Crippen molar-refractivity contribution in [3.05, 3.63) is 65.7 Å². The number of benzene rings is 2. The summed E-state index contributed by atoms with van der Waals surface area (Å²) in [6, 6.07) is 9.13. The molecule has 2 aromatic carbocycles. The molecule has 0 spiro atoms. The van der Waals surface area contributed by atoms with Crippen molar-refractivity contribution in [2.45, 2.75) is 42.3 Å². The molecule has 21 heteroatoms.